The van der Waals surface area contributed by atoms with Crippen LogP contribution in [0.15, 0.2) is 0 Å². The highest BCUT2D eigenvalue weighted by molar-refractivity contribution is 4.71. The standard InChI is InChI=1S/C8H19N3/c1-8(9)7-11-5-3-10(2)4-6-11/h8H,3-7,9H2,1-2H3/t8-/m1/s1. The summed E-state index contributed by atoms with van der Waals surface area (Å²) in [5.41, 5.74) is 5.70. The summed E-state index contributed by atoms with van der Waals surface area (Å²) >= 11 is 0. The van der Waals surface area contributed by atoms with Gasteiger partial charge in [0.15, 0.2) is 0 Å². The van der Waals surface area contributed by atoms with Crippen molar-refractivity contribution < 1.29 is 0 Å². The smallest absolute Gasteiger partial charge is 0.0139 e. The molecule has 3 nitrogen and oxygen atoms in total. The first-order chi connectivity index (χ1) is 5.18. The molecule has 0 aromatic carbocycles. The zero-order valence-corrected chi connectivity index (χ0v) is 7.58. The fourth-order valence-corrected chi connectivity index (χ4v) is 1.44. The van der Waals surface area contributed by atoms with Crippen molar-refractivity contribution in [2.45, 2.75) is 13.0 Å². The molecule has 1 aliphatic rings. The van der Waals surface area contributed by atoms with Gasteiger partial charge in [-0.05, 0) is 14.0 Å². The van der Waals surface area contributed by atoms with E-state index in [1.165, 1.54) is 26.2 Å². The van der Waals surface area contributed by atoms with E-state index in [1.54, 1.807) is 0 Å². The van der Waals surface area contributed by atoms with E-state index >= 15 is 0 Å². The van der Waals surface area contributed by atoms with Crippen molar-refractivity contribution in [2.75, 3.05) is 39.8 Å². The van der Waals surface area contributed by atoms with Crippen LogP contribution in [0.4, 0.5) is 0 Å². The van der Waals surface area contributed by atoms with E-state index in [0.29, 0.717) is 6.04 Å². The molecule has 0 spiro atoms. The summed E-state index contributed by atoms with van der Waals surface area (Å²) in [5.74, 6) is 0. The second-order valence-corrected chi connectivity index (χ2v) is 3.58. The molecule has 3 heteroatoms. The fraction of sp³-hybridized carbons (Fsp3) is 1.00. The molecule has 0 saturated carbocycles. The third-order valence-electron chi connectivity index (χ3n) is 2.14. The topological polar surface area (TPSA) is 32.5 Å². The van der Waals surface area contributed by atoms with E-state index in [2.05, 4.69) is 23.8 Å². The van der Waals surface area contributed by atoms with Crippen LogP contribution in [-0.2, 0) is 0 Å². The van der Waals surface area contributed by atoms with Crippen molar-refractivity contribution in [1.82, 2.24) is 9.80 Å². The second-order valence-electron chi connectivity index (χ2n) is 3.58. The molecule has 1 rings (SSSR count). The van der Waals surface area contributed by atoms with E-state index in [9.17, 15) is 0 Å². The minimum absolute atomic E-state index is 0.318. The SMILES string of the molecule is C[C@@H](N)CN1CCN(C)CC1. The maximum absolute atomic E-state index is 5.70. The molecule has 0 aromatic rings. The lowest BCUT2D eigenvalue weighted by Crippen LogP contribution is -2.47. The molecule has 2 N–H and O–H groups in total. The third-order valence-corrected chi connectivity index (χ3v) is 2.14. The van der Waals surface area contributed by atoms with Crippen molar-refractivity contribution in [1.29, 1.82) is 0 Å². The molecule has 11 heavy (non-hydrogen) atoms. The number of hydrogen-bond acceptors (Lipinski definition) is 3. The number of hydrogen-bond donors (Lipinski definition) is 1. The first-order valence-corrected chi connectivity index (χ1v) is 4.35. The van der Waals surface area contributed by atoms with Crippen LogP contribution in [0.25, 0.3) is 0 Å². The highest BCUT2D eigenvalue weighted by Crippen LogP contribution is 1.98. The van der Waals surface area contributed by atoms with Gasteiger partial charge in [0.2, 0.25) is 0 Å². The average molecular weight is 157 g/mol. The molecule has 0 aromatic heterocycles. The molecule has 66 valence electrons. The predicted molar refractivity (Wildman–Crippen MR) is 47.6 cm³/mol. The van der Waals surface area contributed by atoms with Gasteiger partial charge in [0, 0.05) is 38.8 Å². The molecular formula is C8H19N3. The first-order valence-electron chi connectivity index (χ1n) is 4.35. The molecule has 1 saturated heterocycles. The molecule has 1 aliphatic heterocycles. The van der Waals surface area contributed by atoms with Gasteiger partial charge in [0.1, 0.15) is 0 Å². The van der Waals surface area contributed by atoms with Crippen LogP contribution in [0.5, 0.6) is 0 Å². The molecule has 1 heterocycles. The van der Waals surface area contributed by atoms with E-state index in [4.69, 9.17) is 5.73 Å². The van der Waals surface area contributed by atoms with Crippen LogP contribution in [0.3, 0.4) is 0 Å². The van der Waals surface area contributed by atoms with Gasteiger partial charge in [0.25, 0.3) is 0 Å². The van der Waals surface area contributed by atoms with Gasteiger partial charge in [-0.2, -0.15) is 0 Å². The van der Waals surface area contributed by atoms with Gasteiger partial charge < -0.3 is 10.6 Å². The maximum atomic E-state index is 5.70. The van der Waals surface area contributed by atoms with Crippen molar-refractivity contribution in [3.8, 4) is 0 Å². The van der Waals surface area contributed by atoms with Crippen LogP contribution in [0.1, 0.15) is 6.92 Å². The molecule has 1 fully saturated rings. The van der Waals surface area contributed by atoms with Crippen LogP contribution >= 0.6 is 0 Å². The Bertz CT molecular complexity index is 106. The Balaban J connectivity index is 2.17. The summed E-state index contributed by atoms with van der Waals surface area (Å²) in [7, 11) is 2.17. The van der Waals surface area contributed by atoms with Gasteiger partial charge >= 0.3 is 0 Å². The average Bonchev–Trinajstić information content (AvgIpc) is 1.93. The summed E-state index contributed by atoms with van der Waals surface area (Å²) < 4.78 is 0. The summed E-state index contributed by atoms with van der Waals surface area (Å²) in [6, 6.07) is 0.318. The largest absolute Gasteiger partial charge is 0.327 e. The molecule has 1 atom stereocenters. The van der Waals surface area contributed by atoms with Gasteiger partial charge in [-0.15, -0.1) is 0 Å². The highest BCUT2D eigenvalue weighted by Gasteiger charge is 2.13. The minimum Gasteiger partial charge on any atom is -0.327 e. The summed E-state index contributed by atoms with van der Waals surface area (Å²) in [4.78, 5) is 4.79. The molecular weight excluding hydrogens is 138 g/mol. The van der Waals surface area contributed by atoms with E-state index in [0.717, 1.165) is 6.54 Å². The van der Waals surface area contributed by atoms with Crippen molar-refractivity contribution in [3.05, 3.63) is 0 Å². The van der Waals surface area contributed by atoms with E-state index < -0.39 is 0 Å². The Hall–Kier alpha value is -0.120. The van der Waals surface area contributed by atoms with Gasteiger partial charge in [-0.1, -0.05) is 0 Å². The Labute approximate surface area is 69.1 Å². The lowest BCUT2D eigenvalue weighted by molar-refractivity contribution is 0.149. The first kappa shape index (κ1) is 8.97. The van der Waals surface area contributed by atoms with Crippen LogP contribution in [0, 0.1) is 0 Å². The number of nitrogens with zero attached hydrogens (tertiary/aromatic N) is 2. The fourth-order valence-electron chi connectivity index (χ4n) is 1.44. The number of rotatable bonds is 2. The third kappa shape index (κ3) is 3.18. The van der Waals surface area contributed by atoms with Crippen LogP contribution < -0.4 is 5.73 Å². The Morgan fingerprint density at radius 3 is 2.27 bits per heavy atom. The van der Waals surface area contributed by atoms with Gasteiger partial charge in [-0.25, -0.2) is 0 Å². The Morgan fingerprint density at radius 1 is 1.27 bits per heavy atom. The number of piperazine rings is 1. The summed E-state index contributed by atoms with van der Waals surface area (Å²) in [6.07, 6.45) is 0. The van der Waals surface area contributed by atoms with E-state index in [1.807, 2.05) is 0 Å². The van der Waals surface area contributed by atoms with Crippen molar-refractivity contribution >= 4 is 0 Å². The zero-order valence-electron chi connectivity index (χ0n) is 7.58. The van der Waals surface area contributed by atoms with Crippen LogP contribution in [-0.4, -0.2) is 55.6 Å². The molecule has 0 amide bonds. The quantitative estimate of drug-likeness (QED) is 0.591. The lowest BCUT2D eigenvalue weighted by atomic mass is 10.3. The van der Waals surface area contributed by atoms with Crippen molar-refractivity contribution in [2.24, 2.45) is 5.73 Å². The lowest BCUT2D eigenvalue weighted by Gasteiger charge is -2.33. The normalized spacial score (nSPS) is 25.4. The highest BCUT2D eigenvalue weighted by atomic mass is 15.2. The predicted octanol–water partition coefficient (Wildman–Crippen LogP) is -0.419. The molecule has 0 bridgehead atoms. The van der Waals surface area contributed by atoms with Gasteiger partial charge in [0.05, 0.1) is 0 Å². The van der Waals surface area contributed by atoms with Crippen LogP contribution in [0.2, 0.25) is 0 Å². The molecule has 0 unspecified atom stereocenters. The Kier molecular flexibility index (Phi) is 3.30. The Morgan fingerprint density at radius 2 is 1.82 bits per heavy atom. The molecule has 0 radical (unpaired) electrons. The van der Waals surface area contributed by atoms with E-state index in [-0.39, 0.29) is 0 Å². The number of nitrogens with two attached hydrogens (primary N) is 1. The van der Waals surface area contributed by atoms with Gasteiger partial charge in [-0.3, -0.25) is 4.90 Å². The summed E-state index contributed by atoms with van der Waals surface area (Å²) in [6.45, 7) is 7.85. The van der Waals surface area contributed by atoms with Crippen molar-refractivity contribution in [3.63, 3.8) is 0 Å². The minimum atomic E-state index is 0.318. The summed E-state index contributed by atoms with van der Waals surface area (Å²) in [5, 5.41) is 0. The monoisotopic (exact) mass is 157 g/mol. The molecule has 0 aliphatic carbocycles. The zero-order chi connectivity index (χ0) is 8.27. The maximum Gasteiger partial charge on any atom is 0.0139 e. The second kappa shape index (κ2) is 4.04. The number of likely N-dealkylation sites (N-methyl/N-ethyl adjacent to an activating group) is 1.